The number of hydrogen-bond donors (Lipinski definition) is 1. The molecule has 1 N–H and O–H groups in total. The molecule has 0 radical (unpaired) electrons. The second-order valence-electron chi connectivity index (χ2n) is 3.30. The molecule has 0 aromatic heterocycles. The third-order valence-electron chi connectivity index (χ3n) is 1.78. The van der Waals surface area contributed by atoms with Gasteiger partial charge in [-0.05, 0) is 12.1 Å². The van der Waals surface area contributed by atoms with Crippen molar-refractivity contribution in [2.75, 3.05) is 23.9 Å². The van der Waals surface area contributed by atoms with Gasteiger partial charge < -0.3 is 5.32 Å². The Morgan fingerprint density at radius 1 is 1.31 bits per heavy atom. The maximum absolute atomic E-state index is 13.2. The van der Waals surface area contributed by atoms with Crippen LogP contribution in [-0.2, 0) is 9.84 Å². The van der Waals surface area contributed by atoms with E-state index in [2.05, 4.69) is 21.2 Å². The van der Waals surface area contributed by atoms with E-state index in [-0.39, 0.29) is 22.5 Å². The summed E-state index contributed by atoms with van der Waals surface area (Å²) in [6, 6.07) is 2.21. The van der Waals surface area contributed by atoms with Gasteiger partial charge in [0, 0.05) is 17.3 Å². The molecule has 1 aromatic carbocycles. The second kappa shape index (κ2) is 5.09. The van der Waals surface area contributed by atoms with Crippen molar-refractivity contribution < 1.29 is 17.2 Å². The molecule has 0 heterocycles. The first-order valence-corrected chi connectivity index (χ1v) is 7.21. The molecule has 0 amide bonds. The maximum Gasteiger partial charge on any atom is 0.150 e. The SMILES string of the molecule is CS(=O)(=O)CCNc1c(F)cc(Br)cc1F. The Labute approximate surface area is 101 Å². The minimum Gasteiger partial charge on any atom is -0.379 e. The zero-order valence-electron chi connectivity index (χ0n) is 8.43. The van der Waals surface area contributed by atoms with Gasteiger partial charge in [0.15, 0.2) is 0 Å². The van der Waals surface area contributed by atoms with Gasteiger partial charge in [0.25, 0.3) is 0 Å². The average Bonchev–Trinajstić information content (AvgIpc) is 2.07. The summed E-state index contributed by atoms with van der Waals surface area (Å²) in [5, 5.41) is 2.41. The topological polar surface area (TPSA) is 46.2 Å². The van der Waals surface area contributed by atoms with Gasteiger partial charge in [-0.1, -0.05) is 15.9 Å². The predicted octanol–water partition coefficient (Wildman–Crippen LogP) is 2.18. The van der Waals surface area contributed by atoms with Crippen molar-refractivity contribution in [2.24, 2.45) is 0 Å². The van der Waals surface area contributed by atoms with Crippen LogP contribution in [0, 0.1) is 11.6 Å². The lowest BCUT2D eigenvalue weighted by Crippen LogP contribution is -2.15. The van der Waals surface area contributed by atoms with Gasteiger partial charge in [-0.2, -0.15) is 0 Å². The molecule has 0 aliphatic rings. The fourth-order valence-corrected chi connectivity index (χ4v) is 1.95. The Bertz CT molecular complexity index is 467. The molecule has 0 spiro atoms. The van der Waals surface area contributed by atoms with Crippen LogP contribution in [0.1, 0.15) is 0 Å². The van der Waals surface area contributed by atoms with E-state index in [1.54, 1.807) is 0 Å². The van der Waals surface area contributed by atoms with E-state index in [0.29, 0.717) is 0 Å². The molecule has 1 rings (SSSR count). The summed E-state index contributed by atoms with van der Waals surface area (Å²) < 4.78 is 48.4. The highest BCUT2D eigenvalue weighted by atomic mass is 79.9. The molecule has 0 unspecified atom stereocenters. The summed E-state index contributed by atoms with van der Waals surface area (Å²) in [5.41, 5.74) is -0.313. The summed E-state index contributed by atoms with van der Waals surface area (Å²) in [6.45, 7) is -0.0334. The molecule has 0 aliphatic carbocycles. The number of sulfone groups is 1. The van der Waals surface area contributed by atoms with Crippen LogP contribution in [0.25, 0.3) is 0 Å². The Morgan fingerprint density at radius 2 is 1.81 bits per heavy atom. The van der Waals surface area contributed by atoms with Crippen molar-refractivity contribution >= 4 is 31.5 Å². The number of nitrogens with one attached hydrogen (secondary N) is 1. The normalized spacial score (nSPS) is 11.5. The average molecular weight is 314 g/mol. The van der Waals surface area contributed by atoms with Crippen LogP contribution in [0.2, 0.25) is 0 Å². The molecule has 3 nitrogen and oxygen atoms in total. The number of rotatable bonds is 4. The molecule has 16 heavy (non-hydrogen) atoms. The molecule has 1 aromatic rings. The summed E-state index contributed by atoms with van der Waals surface area (Å²) >= 11 is 2.94. The third kappa shape index (κ3) is 4.05. The van der Waals surface area contributed by atoms with Gasteiger partial charge >= 0.3 is 0 Å². The van der Waals surface area contributed by atoms with Crippen molar-refractivity contribution in [1.29, 1.82) is 0 Å². The van der Waals surface area contributed by atoms with E-state index in [0.717, 1.165) is 18.4 Å². The highest BCUT2D eigenvalue weighted by molar-refractivity contribution is 9.10. The monoisotopic (exact) mass is 313 g/mol. The van der Waals surface area contributed by atoms with Crippen molar-refractivity contribution in [1.82, 2.24) is 0 Å². The smallest absolute Gasteiger partial charge is 0.150 e. The standard InChI is InChI=1S/C9H10BrF2NO2S/c1-16(14,15)3-2-13-9-7(11)4-6(10)5-8(9)12/h4-5,13H,2-3H2,1H3. The summed E-state index contributed by atoms with van der Waals surface area (Å²) in [5.74, 6) is -1.71. The summed E-state index contributed by atoms with van der Waals surface area (Å²) in [7, 11) is -3.14. The Hall–Kier alpha value is -0.690. The molecule has 90 valence electrons. The minimum absolute atomic E-state index is 0.0334. The molecule has 0 saturated heterocycles. The van der Waals surface area contributed by atoms with Crippen LogP contribution in [0.4, 0.5) is 14.5 Å². The van der Waals surface area contributed by atoms with Crippen molar-refractivity contribution in [2.45, 2.75) is 0 Å². The lowest BCUT2D eigenvalue weighted by atomic mass is 10.3. The first-order chi connectivity index (χ1) is 7.29. The first kappa shape index (κ1) is 13.4. The Balaban J connectivity index is 2.75. The maximum atomic E-state index is 13.2. The molecule has 0 bridgehead atoms. The third-order valence-corrected chi connectivity index (χ3v) is 3.19. The van der Waals surface area contributed by atoms with Gasteiger partial charge in [0.05, 0.1) is 5.75 Å². The molecular formula is C9H10BrF2NO2S. The fraction of sp³-hybridized carbons (Fsp3) is 0.333. The van der Waals surface area contributed by atoms with Crippen LogP contribution >= 0.6 is 15.9 Å². The lowest BCUT2D eigenvalue weighted by Gasteiger charge is -2.08. The highest BCUT2D eigenvalue weighted by Crippen LogP contribution is 2.23. The van der Waals surface area contributed by atoms with Crippen LogP contribution in [0.5, 0.6) is 0 Å². The van der Waals surface area contributed by atoms with Gasteiger partial charge in [-0.15, -0.1) is 0 Å². The molecular weight excluding hydrogens is 304 g/mol. The van der Waals surface area contributed by atoms with Crippen LogP contribution < -0.4 is 5.32 Å². The van der Waals surface area contributed by atoms with Crippen LogP contribution in [0.15, 0.2) is 16.6 Å². The van der Waals surface area contributed by atoms with E-state index < -0.39 is 21.5 Å². The van der Waals surface area contributed by atoms with Crippen molar-refractivity contribution in [3.63, 3.8) is 0 Å². The van der Waals surface area contributed by atoms with Crippen molar-refractivity contribution in [3.05, 3.63) is 28.2 Å². The summed E-state index contributed by atoms with van der Waals surface area (Å²) in [6.07, 6.45) is 1.06. The zero-order chi connectivity index (χ0) is 12.3. The largest absolute Gasteiger partial charge is 0.379 e. The number of anilines is 1. The molecule has 7 heteroatoms. The molecule has 0 fully saturated rings. The van der Waals surface area contributed by atoms with E-state index in [1.807, 2.05) is 0 Å². The fourth-order valence-electron chi connectivity index (χ4n) is 1.07. The lowest BCUT2D eigenvalue weighted by molar-refractivity contribution is 0.585. The quantitative estimate of drug-likeness (QED) is 0.926. The Kier molecular flexibility index (Phi) is 4.26. The molecule has 0 saturated carbocycles. The predicted molar refractivity (Wildman–Crippen MR) is 62.3 cm³/mol. The van der Waals surface area contributed by atoms with Crippen LogP contribution in [-0.4, -0.2) is 27.0 Å². The van der Waals surface area contributed by atoms with E-state index in [9.17, 15) is 17.2 Å². The van der Waals surface area contributed by atoms with E-state index >= 15 is 0 Å². The van der Waals surface area contributed by atoms with E-state index in [1.165, 1.54) is 0 Å². The zero-order valence-corrected chi connectivity index (χ0v) is 10.8. The van der Waals surface area contributed by atoms with Gasteiger partial charge in [0.2, 0.25) is 0 Å². The second-order valence-corrected chi connectivity index (χ2v) is 6.48. The summed E-state index contributed by atoms with van der Waals surface area (Å²) in [4.78, 5) is 0. The number of halogens is 3. The Morgan fingerprint density at radius 3 is 2.25 bits per heavy atom. The van der Waals surface area contributed by atoms with E-state index in [4.69, 9.17) is 0 Å². The number of benzene rings is 1. The van der Waals surface area contributed by atoms with Crippen LogP contribution in [0.3, 0.4) is 0 Å². The number of hydrogen-bond acceptors (Lipinski definition) is 3. The minimum atomic E-state index is -3.14. The molecule has 0 aliphatic heterocycles. The van der Waals surface area contributed by atoms with Crippen molar-refractivity contribution in [3.8, 4) is 0 Å². The van der Waals surface area contributed by atoms with Gasteiger partial charge in [-0.3, -0.25) is 0 Å². The first-order valence-electron chi connectivity index (χ1n) is 4.36. The molecule has 0 atom stereocenters. The van der Waals surface area contributed by atoms with Gasteiger partial charge in [0.1, 0.15) is 27.2 Å². The van der Waals surface area contributed by atoms with Gasteiger partial charge in [-0.25, -0.2) is 17.2 Å². The highest BCUT2D eigenvalue weighted by Gasteiger charge is 2.10.